The lowest BCUT2D eigenvalue weighted by atomic mass is 9.78. The Morgan fingerprint density at radius 3 is 2.58 bits per heavy atom. The van der Waals surface area contributed by atoms with Gasteiger partial charge in [0.25, 0.3) is 0 Å². The highest BCUT2D eigenvalue weighted by atomic mass is 16.5. The van der Waals surface area contributed by atoms with Crippen LogP contribution in [0.15, 0.2) is 4.99 Å². The quantitative estimate of drug-likeness (QED) is 0.597. The molecule has 2 aliphatic heterocycles. The second-order valence-electron chi connectivity index (χ2n) is 8.32. The first-order valence-corrected chi connectivity index (χ1v) is 9.76. The summed E-state index contributed by atoms with van der Waals surface area (Å²) in [7, 11) is 1.86. The average molecular weight is 339 g/mol. The molecular formula is C19H38N4O. The van der Waals surface area contributed by atoms with E-state index in [2.05, 4.69) is 48.2 Å². The molecule has 3 atom stereocenters. The first kappa shape index (κ1) is 19.5. The van der Waals surface area contributed by atoms with Gasteiger partial charge in [-0.2, -0.15) is 0 Å². The van der Waals surface area contributed by atoms with E-state index in [-0.39, 0.29) is 5.41 Å². The third-order valence-electron chi connectivity index (χ3n) is 5.46. The monoisotopic (exact) mass is 338 g/mol. The molecule has 0 aromatic heterocycles. The summed E-state index contributed by atoms with van der Waals surface area (Å²) in [5.41, 5.74) is 0.190. The standard InChI is InChI=1S/C19H38N4O/c1-6-23-11-7-10-16(23)14-22-18(20-5)21-13-15-9-8-12-24-17(15)19(2,3)4/h15-17H,6-14H2,1-5H3,(H2,20,21,22). The number of nitrogens with zero attached hydrogens (tertiary/aromatic N) is 2. The molecule has 0 spiro atoms. The smallest absolute Gasteiger partial charge is 0.191 e. The fourth-order valence-electron chi connectivity index (χ4n) is 4.21. The number of ether oxygens (including phenoxy) is 1. The van der Waals surface area contributed by atoms with Gasteiger partial charge in [-0.25, -0.2) is 0 Å². The minimum atomic E-state index is 0.190. The second kappa shape index (κ2) is 9.04. The lowest BCUT2D eigenvalue weighted by Gasteiger charge is -2.40. The summed E-state index contributed by atoms with van der Waals surface area (Å²) in [6.07, 6.45) is 5.33. The number of hydrogen-bond donors (Lipinski definition) is 2. The molecule has 5 heteroatoms. The van der Waals surface area contributed by atoms with Crippen molar-refractivity contribution in [3.8, 4) is 0 Å². The van der Waals surface area contributed by atoms with Gasteiger partial charge in [-0.1, -0.05) is 27.7 Å². The van der Waals surface area contributed by atoms with Crippen LogP contribution in [0.1, 0.15) is 53.4 Å². The zero-order valence-corrected chi connectivity index (χ0v) is 16.4. The number of rotatable bonds is 5. The van der Waals surface area contributed by atoms with Gasteiger partial charge in [0.15, 0.2) is 5.96 Å². The maximum atomic E-state index is 6.08. The van der Waals surface area contributed by atoms with Gasteiger partial charge in [-0.05, 0) is 44.2 Å². The van der Waals surface area contributed by atoms with E-state index in [1.54, 1.807) is 0 Å². The van der Waals surface area contributed by atoms with Gasteiger partial charge in [0, 0.05) is 38.7 Å². The zero-order valence-electron chi connectivity index (χ0n) is 16.4. The maximum Gasteiger partial charge on any atom is 0.191 e. The molecule has 2 heterocycles. The Kier molecular flexibility index (Phi) is 7.35. The molecule has 0 saturated carbocycles. The van der Waals surface area contributed by atoms with Crippen LogP contribution in [0.2, 0.25) is 0 Å². The average Bonchev–Trinajstić information content (AvgIpc) is 3.02. The van der Waals surface area contributed by atoms with Crippen LogP contribution in [-0.4, -0.2) is 62.8 Å². The summed E-state index contributed by atoms with van der Waals surface area (Å²) in [5.74, 6) is 1.48. The van der Waals surface area contributed by atoms with Crippen molar-refractivity contribution in [2.24, 2.45) is 16.3 Å². The van der Waals surface area contributed by atoms with Crippen molar-refractivity contribution in [3.05, 3.63) is 0 Å². The molecule has 0 amide bonds. The Hall–Kier alpha value is -0.810. The largest absolute Gasteiger partial charge is 0.377 e. The number of hydrogen-bond acceptors (Lipinski definition) is 3. The molecule has 3 unspecified atom stereocenters. The molecule has 24 heavy (non-hydrogen) atoms. The van der Waals surface area contributed by atoms with Crippen molar-refractivity contribution in [2.45, 2.75) is 65.5 Å². The normalized spacial score (nSPS) is 29.7. The second-order valence-corrected chi connectivity index (χ2v) is 8.32. The first-order chi connectivity index (χ1) is 11.5. The van der Waals surface area contributed by atoms with Gasteiger partial charge < -0.3 is 15.4 Å². The van der Waals surface area contributed by atoms with E-state index >= 15 is 0 Å². The summed E-state index contributed by atoms with van der Waals surface area (Å²) >= 11 is 0. The predicted octanol–water partition coefficient (Wildman–Crippen LogP) is 2.48. The molecule has 5 nitrogen and oxygen atoms in total. The molecule has 2 N–H and O–H groups in total. The van der Waals surface area contributed by atoms with Crippen LogP contribution < -0.4 is 10.6 Å². The fraction of sp³-hybridized carbons (Fsp3) is 0.947. The molecule has 2 rings (SSSR count). The highest BCUT2D eigenvalue weighted by Crippen LogP contribution is 2.33. The molecule has 0 aromatic rings. The molecule has 0 bridgehead atoms. The summed E-state index contributed by atoms with van der Waals surface area (Å²) in [4.78, 5) is 6.97. The minimum Gasteiger partial charge on any atom is -0.377 e. The molecule has 2 aliphatic rings. The van der Waals surface area contributed by atoms with E-state index in [1.807, 2.05) is 7.05 Å². The van der Waals surface area contributed by atoms with Crippen molar-refractivity contribution in [1.29, 1.82) is 0 Å². The Bertz CT molecular complexity index is 405. The predicted molar refractivity (Wildman–Crippen MR) is 102 cm³/mol. The van der Waals surface area contributed by atoms with Gasteiger partial charge in [0.2, 0.25) is 0 Å². The number of nitrogens with one attached hydrogen (secondary N) is 2. The van der Waals surface area contributed by atoms with Crippen LogP contribution in [0.5, 0.6) is 0 Å². The third kappa shape index (κ3) is 5.35. The Labute approximate surface area is 148 Å². The minimum absolute atomic E-state index is 0.190. The molecule has 140 valence electrons. The van der Waals surface area contributed by atoms with Crippen LogP contribution in [-0.2, 0) is 4.74 Å². The lowest BCUT2D eigenvalue weighted by Crippen LogP contribution is -2.49. The highest BCUT2D eigenvalue weighted by Gasteiger charge is 2.35. The summed E-state index contributed by atoms with van der Waals surface area (Å²) in [6.45, 7) is 14.3. The summed E-state index contributed by atoms with van der Waals surface area (Å²) < 4.78 is 6.08. The number of likely N-dealkylation sites (tertiary alicyclic amines) is 1. The van der Waals surface area contributed by atoms with Gasteiger partial charge in [-0.3, -0.25) is 9.89 Å². The third-order valence-corrected chi connectivity index (χ3v) is 5.46. The van der Waals surface area contributed by atoms with Crippen molar-refractivity contribution in [3.63, 3.8) is 0 Å². The van der Waals surface area contributed by atoms with Crippen LogP contribution in [0.4, 0.5) is 0 Å². The molecular weight excluding hydrogens is 300 g/mol. The van der Waals surface area contributed by atoms with Crippen molar-refractivity contribution >= 4 is 5.96 Å². The maximum absolute atomic E-state index is 6.08. The summed E-state index contributed by atoms with van der Waals surface area (Å²) in [6, 6.07) is 0.647. The molecule has 0 radical (unpaired) electrons. The number of guanidine groups is 1. The molecule has 0 aromatic carbocycles. The van der Waals surface area contributed by atoms with Gasteiger partial charge in [-0.15, -0.1) is 0 Å². The molecule has 2 saturated heterocycles. The molecule has 2 fully saturated rings. The fourth-order valence-corrected chi connectivity index (χ4v) is 4.21. The van der Waals surface area contributed by atoms with E-state index in [9.17, 15) is 0 Å². The van der Waals surface area contributed by atoms with E-state index in [0.717, 1.165) is 32.2 Å². The van der Waals surface area contributed by atoms with Crippen LogP contribution in [0.25, 0.3) is 0 Å². The highest BCUT2D eigenvalue weighted by molar-refractivity contribution is 5.79. The topological polar surface area (TPSA) is 48.9 Å². The zero-order chi connectivity index (χ0) is 17.6. The van der Waals surface area contributed by atoms with Crippen LogP contribution >= 0.6 is 0 Å². The molecule has 0 aliphatic carbocycles. The van der Waals surface area contributed by atoms with E-state index in [4.69, 9.17) is 4.74 Å². The Balaban J connectivity index is 1.80. The van der Waals surface area contributed by atoms with Crippen LogP contribution in [0, 0.1) is 11.3 Å². The first-order valence-electron chi connectivity index (χ1n) is 9.76. The number of likely N-dealkylation sites (N-methyl/N-ethyl adjacent to an activating group) is 1. The summed E-state index contributed by atoms with van der Waals surface area (Å²) in [5, 5.41) is 7.06. The van der Waals surface area contributed by atoms with Crippen molar-refractivity contribution in [2.75, 3.05) is 39.8 Å². The van der Waals surface area contributed by atoms with Crippen molar-refractivity contribution in [1.82, 2.24) is 15.5 Å². The van der Waals surface area contributed by atoms with Gasteiger partial charge in [0.05, 0.1) is 6.10 Å². The van der Waals surface area contributed by atoms with E-state index in [0.29, 0.717) is 18.1 Å². The lowest BCUT2D eigenvalue weighted by molar-refractivity contribution is -0.0835. The SMILES string of the molecule is CCN1CCCC1CNC(=NC)NCC1CCCOC1C(C)(C)C. The van der Waals surface area contributed by atoms with Crippen LogP contribution in [0.3, 0.4) is 0 Å². The van der Waals surface area contributed by atoms with Gasteiger partial charge in [0.1, 0.15) is 0 Å². The van der Waals surface area contributed by atoms with Gasteiger partial charge >= 0.3 is 0 Å². The van der Waals surface area contributed by atoms with E-state index < -0.39 is 0 Å². The van der Waals surface area contributed by atoms with E-state index in [1.165, 1.54) is 32.2 Å². The Morgan fingerprint density at radius 1 is 1.17 bits per heavy atom. The van der Waals surface area contributed by atoms with Crippen molar-refractivity contribution < 1.29 is 4.74 Å². The Morgan fingerprint density at radius 2 is 1.92 bits per heavy atom. The number of aliphatic imine (C=N–C) groups is 1.